The highest BCUT2D eigenvalue weighted by Gasteiger charge is 2.33. The maximum Gasteiger partial charge on any atom is 0.338 e. The van der Waals surface area contributed by atoms with E-state index in [-0.39, 0.29) is 18.4 Å². The number of Topliss-reactive ketones (excluding diaryl/α,β-unsaturated/α-hetero) is 1. The Morgan fingerprint density at radius 1 is 1.10 bits per heavy atom. The lowest BCUT2D eigenvalue weighted by Crippen LogP contribution is -2.34. The number of sulfonamides is 1. The van der Waals surface area contributed by atoms with Gasteiger partial charge in [-0.05, 0) is 48.6 Å². The van der Waals surface area contributed by atoms with Gasteiger partial charge in [-0.25, -0.2) is 13.2 Å². The number of ether oxygens (including phenoxy) is 1. The van der Waals surface area contributed by atoms with E-state index in [1.165, 1.54) is 16.6 Å². The maximum absolute atomic E-state index is 12.4. The first-order valence-corrected chi connectivity index (χ1v) is 11.4. The molecular formula is C22H25NO5S. The highest BCUT2D eigenvalue weighted by molar-refractivity contribution is 7.92. The standard InChI is InChI=1S/C22H25NO5S/c1-14(2)16-5-7-17(8-6-16)21(24)13-28-22(25)18-9-10-20-19(12-18)11-15(3)23(20)29(4,26)27/h5-10,12,14-15H,11,13H2,1-4H3/t15-/m0/s1. The third-order valence-corrected chi connectivity index (χ3v) is 6.33. The van der Waals surface area contributed by atoms with Gasteiger partial charge in [0.25, 0.3) is 0 Å². The molecule has 1 aliphatic rings. The summed E-state index contributed by atoms with van der Waals surface area (Å²) in [7, 11) is -3.39. The Morgan fingerprint density at radius 3 is 2.31 bits per heavy atom. The van der Waals surface area contributed by atoms with Crippen LogP contribution in [0.5, 0.6) is 0 Å². The second kappa shape index (κ2) is 7.99. The van der Waals surface area contributed by atoms with Crippen LogP contribution in [-0.2, 0) is 21.2 Å². The smallest absolute Gasteiger partial charge is 0.338 e. The number of anilines is 1. The molecule has 0 saturated carbocycles. The molecule has 6 nitrogen and oxygen atoms in total. The van der Waals surface area contributed by atoms with Gasteiger partial charge >= 0.3 is 5.97 Å². The summed E-state index contributed by atoms with van der Waals surface area (Å²) >= 11 is 0. The zero-order valence-electron chi connectivity index (χ0n) is 17.0. The number of carbonyl (C=O) groups is 2. The summed E-state index contributed by atoms with van der Waals surface area (Å²) in [4.78, 5) is 24.7. The van der Waals surface area contributed by atoms with Gasteiger partial charge in [0.05, 0.1) is 17.5 Å². The minimum Gasteiger partial charge on any atom is -0.454 e. The molecule has 154 valence electrons. The van der Waals surface area contributed by atoms with E-state index in [2.05, 4.69) is 13.8 Å². The molecular weight excluding hydrogens is 390 g/mol. The minimum atomic E-state index is -3.39. The SMILES string of the molecule is CC(C)c1ccc(C(=O)COC(=O)c2ccc3c(c2)C[C@H](C)N3S(C)(=O)=O)cc1. The molecule has 0 fully saturated rings. The van der Waals surface area contributed by atoms with E-state index in [1.807, 2.05) is 19.1 Å². The maximum atomic E-state index is 12.4. The molecule has 1 atom stereocenters. The average Bonchev–Trinajstić information content (AvgIpc) is 3.00. The second-order valence-corrected chi connectivity index (χ2v) is 9.59. The fraction of sp³-hybridized carbons (Fsp3) is 0.364. The summed E-state index contributed by atoms with van der Waals surface area (Å²) in [6, 6.07) is 11.8. The van der Waals surface area contributed by atoms with Crippen LogP contribution in [0.25, 0.3) is 0 Å². The average molecular weight is 416 g/mol. The van der Waals surface area contributed by atoms with Crippen molar-refractivity contribution < 1.29 is 22.7 Å². The van der Waals surface area contributed by atoms with Gasteiger partial charge in [-0.1, -0.05) is 38.1 Å². The van der Waals surface area contributed by atoms with Crippen LogP contribution in [0.15, 0.2) is 42.5 Å². The van der Waals surface area contributed by atoms with E-state index in [9.17, 15) is 18.0 Å². The Morgan fingerprint density at radius 2 is 1.72 bits per heavy atom. The zero-order chi connectivity index (χ0) is 21.3. The normalized spacial score (nSPS) is 16.0. The number of fused-ring (bicyclic) bond motifs is 1. The first-order chi connectivity index (χ1) is 13.6. The Bertz CT molecular complexity index is 1040. The van der Waals surface area contributed by atoms with Crippen LogP contribution < -0.4 is 4.31 Å². The zero-order valence-corrected chi connectivity index (χ0v) is 17.8. The summed E-state index contributed by atoms with van der Waals surface area (Å²) in [5.74, 6) is -0.504. The van der Waals surface area contributed by atoms with E-state index in [1.54, 1.807) is 24.3 Å². The summed E-state index contributed by atoms with van der Waals surface area (Å²) in [6.45, 7) is 5.63. The van der Waals surface area contributed by atoms with Gasteiger partial charge in [-0.15, -0.1) is 0 Å². The number of hydrogen-bond donors (Lipinski definition) is 0. The topological polar surface area (TPSA) is 80.8 Å². The Kier molecular flexibility index (Phi) is 5.80. The number of esters is 1. The van der Waals surface area contributed by atoms with E-state index in [0.29, 0.717) is 29.2 Å². The van der Waals surface area contributed by atoms with Crippen LogP contribution in [0.3, 0.4) is 0 Å². The van der Waals surface area contributed by atoms with Gasteiger partial charge in [0.1, 0.15) is 0 Å². The minimum absolute atomic E-state index is 0.207. The fourth-order valence-corrected chi connectivity index (χ4v) is 4.85. The van der Waals surface area contributed by atoms with Crippen molar-refractivity contribution in [3.63, 3.8) is 0 Å². The lowest BCUT2D eigenvalue weighted by Gasteiger charge is -2.21. The van der Waals surface area contributed by atoms with E-state index in [0.717, 1.165) is 11.1 Å². The van der Waals surface area contributed by atoms with Crippen molar-refractivity contribution in [3.05, 3.63) is 64.7 Å². The second-order valence-electron chi connectivity index (χ2n) is 7.73. The molecule has 29 heavy (non-hydrogen) atoms. The third kappa shape index (κ3) is 4.50. The molecule has 1 heterocycles. The first kappa shape index (κ1) is 21.0. The fourth-order valence-electron chi connectivity index (χ4n) is 3.59. The van der Waals surface area contributed by atoms with Crippen molar-refractivity contribution in [1.82, 2.24) is 0 Å². The number of rotatable bonds is 6. The van der Waals surface area contributed by atoms with E-state index < -0.39 is 16.0 Å². The molecule has 1 aliphatic heterocycles. The van der Waals surface area contributed by atoms with Crippen LogP contribution in [0.2, 0.25) is 0 Å². The van der Waals surface area contributed by atoms with Gasteiger partial charge in [-0.2, -0.15) is 0 Å². The Balaban J connectivity index is 1.68. The predicted molar refractivity (Wildman–Crippen MR) is 112 cm³/mol. The molecule has 0 aromatic heterocycles. The monoisotopic (exact) mass is 415 g/mol. The highest BCUT2D eigenvalue weighted by Crippen LogP contribution is 2.34. The van der Waals surface area contributed by atoms with Gasteiger partial charge in [0.15, 0.2) is 12.4 Å². The van der Waals surface area contributed by atoms with Gasteiger partial charge in [0, 0.05) is 11.6 Å². The van der Waals surface area contributed by atoms with E-state index >= 15 is 0 Å². The van der Waals surface area contributed by atoms with Crippen molar-refractivity contribution in [2.24, 2.45) is 0 Å². The number of benzene rings is 2. The third-order valence-electron chi connectivity index (χ3n) is 5.06. The summed E-state index contributed by atoms with van der Waals surface area (Å²) in [5.41, 5.74) is 3.28. The van der Waals surface area contributed by atoms with Gasteiger partial charge in [0.2, 0.25) is 10.0 Å². The molecule has 0 amide bonds. The number of hydrogen-bond acceptors (Lipinski definition) is 5. The number of nitrogens with zero attached hydrogens (tertiary/aromatic N) is 1. The van der Waals surface area contributed by atoms with Crippen molar-refractivity contribution in [3.8, 4) is 0 Å². The van der Waals surface area contributed by atoms with Crippen LogP contribution in [-0.4, -0.2) is 39.1 Å². The lowest BCUT2D eigenvalue weighted by molar-refractivity contribution is 0.0474. The van der Waals surface area contributed by atoms with Gasteiger partial charge < -0.3 is 4.74 Å². The number of carbonyl (C=O) groups excluding carboxylic acids is 2. The van der Waals surface area contributed by atoms with Crippen molar-refractivity contribution >= 4 is 27.5 Å². The van der Waals surface area contributed by atoms with Crippen LogP contribution >= 0.6 is 0 Å². The van der Waals surface area contributed by atoms with Crippen molar-refractivity contribution in [1.29, 1.82) is 0 Å². The van der Waals surface area contributed by atoms with Gasteiger partial charge in [-0.3, -0.25) is 9.10 Å². The molecule has 3 rings (SSSR count). The van der Waals surface area contributed by atoms with E-state index in [4.69, 9.17) is 4.74 Å². The predicted octanol–water partition coefficient (Wildman–Crippen LogP) is 3.56. The molecule has 0 N–H and O–H groups in total. The lowest BCUT2D eigenvalue weighted by atomic mass is 10.0. The van der Waals surface area contributed by atoms with Crippen LogP contribution in [0.4, 0.5) is 5.69 Å². The molecule has 0 bridgehead atoms. The molecule has 0 aliphatic carbocycles. The van der Waals surface area contributed by atoms with Crippen molar-refractivity contribution in [2.75, 3.05) is 17.2 Å². The molecule has 2 aromatic rings. The largest absolute Gasteiger partial charge is 0.454 e. The molecule has 0 unspecified atom stereocenters. The van der Waals surface area contributed by atoms with Crippen LogP contribution in [0.1, 0.15) is 58.5 Å². The number of ketones is 1. The Labute approximate surface area is 171 Å². The molecule has 2 aromatic carbocycles. The molecule has 0 radical (unpaired) electrons. The quantitative estimate of drug-likeness (QED) is 0.532. The summed E-state index contributed by atoms with van der Waals surface area (Å²) < 4.78 is 30.5. The summed E-state index contributed by atoms with van der Waals surface area (Å²) in [6.07, 6.45) is 1.69. The molecule has 0 saturated heterocycles. The summed E-state index contributed by atoms with van der Waals surface area (Å²) in [5, 5.41) is 0. The first-order valence-electron chi connectivity index (χ1n) is 9.50. The highest BCUT2D eigenvalue weighted by atomic mass is 32.2. The molecule has 7 heteroatoms. The van der Waals surface area contributed by atoms with Crippen LogP contribution in [0, 0.1) is 0 Å². The molecule has 0 spiro atoms. The Hall–Kier alpha value is -2.67. The van der Waals surface area contributed by atoms with Crippen molar-refractivity contribution in [2.45, 2.75) is 39.2 Å².